The minimum absolute atomic E-state index is 0.0273. The molecule has 1 atom stereocenters. The van der Waals surface area contributed by atoms with Crippen LogP contribution in [0.2, 0.25) is 0 Å². The van der Waals surface area contributed by atoms with Crippen LogP contribution in [-0.4, -0.2) is 42.1 Å². The molecular weight excluding hydrogens is 354 g/mol. The highest BCUT2D eigenvalue weighted by Gasteiger charge is 2.34. The molecule has 0 bridgehead atoms. The van der Waals surface area contributed by atoms with Crippen molar-refractivity contribution in [3.63, 3.8) is 0 Å². The standard InChI is InChI=1S/C20H25N7O/c1-13-5-4-9-27(21)16(13)6-7-17-19-15(22-12-23-19)8-10-26(17)20(28)18-11-14(2)24-25(18)3/h4-6,9,11-12,17H,7-8,10,21H2,1-3H3,(H,22,23)/b16-6-/t17-/m0/s1. The van der Waals surface area contributed by atoms with Crippen LogP contribution >= 0.6 is 0 Å². The Kier molecular flexibility index (Phi) is 4.64. The van der Waals surface area contributed by atoms with Crippen molar-refractivity contribution in [1.29, 1.82) is 0 Å². The molecule has 0 saturated heterocycles. The van der Waals surface area contributed by atoms with E-state index in [0.717, 1.165) is 34.8 Å². The molecule has 0 fully saturated rings. The molecule has 0 spiro atoms. The molecule has 2 aliphatic rings. The minimum Gasteiger partial charge on any atom is -0.348 e. The molecule has 28 heavy (non-hydrogen) atoms. The Balaban J connectivity index is 1.67. The van der Waals surface area contributed by atoms with Crippen LogP contribution < -0.4 is 5.84 Å². The Morgan fingerprint density at radius 1 is 1.43 bits per heavy atom. The van der Waals surface area contributed by atoms with Crippen molar-refractivity contribution in [3.05, 3.63) is 70.9 Å². The second-order valence-corrected chi connectivity index (χ2v) is 7.25. The quantitative estimate of drug-likeness (QED) is 0.797. The number of nitrogens with two attached hydrogens (primary N) is 1. The molecule has 0 aliphatic carbocycles. The number of amides is 1. The van der Waals surface area contributed by atoms with Gasteiger partial charge in [-0.1, -0.05) is 12.2 Å². The summed E-state index contributed by atoms with van der Waals surface area (Å²) in [6.45, 7) is 4.55. The van der Waals surface area contributed by atoms with Gasteiger partial charge in [0.2, 0.25) is 0 Å². The van der Waals surface area contributed by atoms with Crippen molar-refractivity contribution in [3.8, 4) is 0 Å². The van der Waals surface area contributed by atoms with Crippen LogP contribution in [-0.2, 0) is 13.5 Å². The van der Waals surface area contributed by atoms with E-state index in [-0.39, 0.29) is 11.9 Å². The lowest BCUT2D eigenvalue weighted by Gasteiger charge is -2.35. The van der Waals surface area contributed by atoms with E-state index in [1.807, 2.05) is 43.2 Å². The zero-order chi connectivity index (χ0) is 19.8. The molecule has 0 unspecified atom stereocenters. The average molecular weight is 379 g/mol. The summed E-state index contributed by atoms with van der Waals surface area (Å²) in [5.41, 5.74) is 5.46. The zero-order valence-corrected chi connectivity index (χ0v) is 16.4. The molecular formula is C20H25N7O. The fraction of sp³-hybridized carbons (Fsp3) is 0.350. The fourth-order valence-corrected chi connectivity index (χ4v) is 3.93. The van der Waals surface area contributed by atoms with E-state index >= 15 is 0 Å². The second-order valence-electron chi connectivity index (χ2n) is 7.25. The summed E-state index contributed by atoms with van der Waals surface area (Å²) in [5, 5.41) is 5.93. The first kappa shape index (κ1) is 18.2. The van der Waals surface area contributed by atoms with Gasteiger partial charge in [-0.25, -0.2) is 10.8 Å². The number of carbonyl (C=O) groups excluding carboxylic acids is 1. The highest BCUT2D eigenvalue weighted by molar-refractivity contribution is 5.93. The molecule has 2 aliphatic heterocycles. The smallest absolute Gasteiger partial charge is 0.272 e. The predicted molar refractivity (Wildman–Crippen MR) is 106 cm³/mol. The maximum absolute atomic E-state index is 13.3. The number of nitrogens with zero attached hydrogens (tertiary/aromatic N) is 5. The van der Waals surface area contributed by atoms with Crippen molar-refractivity contribution in [2.45, 2.75) is 32.7 Å². The minimum atomic E-state index is -0.155. The normalized spacial score (nSPS) is 20.5. The number of aryl methyl sites for hydroxylation is 2. The molecule has 0 saturated carbocycles. The van der Waals surface area contributed by atoms with Crippen LogP contribution in [0.15, 0.2) is 48.1 Å². The molecule has 4 rings (SSSR count). The van der Waals surface area contributed by atoms with Crippen LogP contribution in [0.1, 0.15) is 47.0 Å². The Morgan fingerprint density at radius 2 is 2.25 bits per heavy atom. The number of carbonyl (C=O) groups is 1. The number of aromatic amines is 1. The summed E-state index contributed by atoms with van der Waals surface area (Å²) < 4.78 is 1.65. The van der Waals surface area contributed by atoms with Crippen molar-refractivity contribution in [2.24, 2.45) is 12.9 Å². The van der Waals surface area contributed by atoms with Crippen molar-refractivity contribution < 1.29 is 4.79 Å². The van der Waals surface area contributed by atoms with E-state index in [1.54, 1.807) is 23.1 Å². The van der Waals surface area contributed by atoms with Crippen LogP contribution in [0.5, 0.6) is 0 Å². The molecule has 146 valence electrons. The molecule has 4 heterocycles. The Morgan fingerprint density at radius 3 is 2.96 bits per heavy atom. The number of H-pyrrole nitrogens is 1. The van der Waals surface area contributed by atoms with Gasteiger partial charge in [0, 0.05) is 31.9 Å². The van der Waals surface area contributed by atoms with Crippen LogP contribution in [0.3, 0.4) is 0 Å². The molecule has 2 aromatic heterocycles. The third-order valence-electron chi connectivity index (χ3n) is 5.34. The van der Waals surface area contributed by atoms with Gasteiger partial charge in [-0.2, -0.15) is 5.10 Å². The predicted octanol–water partition coefficient (Wildman–Crippen LogP) is 2.11. The maximum Gasteiger partial charge on any atom is 0.272 e. The number of hydrazine groups is 1. The van der Waals surface area contributed by atoms with Gasteiger partial charge in [0.25, 0.3) is 5.91 Å². The summed E-state index contributed by atoms with van der Waals surface area (Å²) in [5.74, 6) is 6.06. The van der Waals surface area contributed by atoms with E-state index in [4.69, 9.17) is 5.84 Å². The number of aromatic nitrogens is 4. The highest BCUT2D eigenvalue weighted by Crippen LogP contribution is 2.33. The molecule has 0 aromatic carbocycles. The van der Waals surface area contributed by atoms with Crippen LogP contribution in [0, 0.1) is 6.92 Å². The van der Waals surface area contributed by atoms with Gasteiger partial charge in [-0.3, -0.25) is 14.5 Å². The van der Waals surface area contributed by atoms with Gasteiger partial charge < -0.3 is 9.88 Å². The first-order valence-electron chi connectivity index (χ1n) is 9.39. The lowest BCUT2D eigenvalue weighted by atomic mass is 9.97. The number of nitrogens with one attached hydrogen (secondary N) is 1. The van der Waals surface area contributed by atoms with Crippen molar-refractivity contribution >= 4 is 5.91 Å². The topological polar surface area (TPSA) is 96.1 Å². The third kappa shape index (κ3) is 3.16. The molecule has 2 aromatic rings. The fourth-order valence-electron chi connectivity index (χ4n) is 3.93. The van der Waals surface area contributed by atoms with Gasteiger partial charge in [0.1, 0.15) is 5.69 Å². The number of allylic oxidation sites excluding steroid dienone is 3. The summed E-state index contributed by atoms with van der Waals surface area (Å²) in [6.07, 6.45) is 10.9. The Bertz CT molecular complexity index is 994. The van der Waals surface area contributed by atoms with E-state index in [9.17, 15) is 4.79 Å². The summed E-state index contributed by atoms with van der Waals surface area (Å²) >= 11 is 0. The molecule has 0 radical (unpaired) electrons. The molecule has 8 nitrogen and oxygen atoms in total. The number of hydrogen-bond acceptors (Lipinski definition) is 5. The van der Waals surface area contributed by atoms with E-state index < -0.39 is 0 Å². The second kappa shape index (κ2) is 7.12. The summed E-state index contributed by atoms with van der Waals surface area (Å²) in [7, 11) is 1.80. The van der Waals surface area contributed by atoms with Crippen molar-refractivity contribution in [1.82, 2.24) is 29.7 Å². The number of fused-ring (bicyclic) bond motifs is 1. The Labute approximate surface area is 164 Å². The van der Waals surface area contributed by atoms with Gasteiger partial charge in [-0.05, 0) is 38.0 Å². The van der Waals surface area contributed by atoms with Gasteiger partial charge in [0.15, 0.2) is 0 Å². The first-order chi connectivity index (χ1) is 13.5. The van der Waals surface area contributed by atoms with Gasteiger partial charge in [-0.15, -0.1) is 0 Å². The molecule has 1 amide bonds. The molecule has 8 heteroatoms. The lowest BCUT2D eigenvalue weighted by Crippen LogP contribution is -2.41. The average Bonchev–Trinajstić information content (AvgIpc) is 3.26. The SMILES string of the molecule is CC1=CC=CN(N)/C1=C\C[C@H]1c2nc[nH]c2CCN1C(=O)c1cc(C)nn1C. The van der Waals surface area contributed by atoms with E-state index in [1.165, 1.54) is 0 Å². The maximum atomic E-state index is 13.3. The number of hydrogen-bond donors (Lipinski definition) is 2. The van der Waals surface area contributed by atoms with Crippen molar-refractivity contribution in [2.75, 3.05) is 6.54 Å². The first-order valence-corrected chi connectivity index (χ1v) is 9.39. The molecule has 3 N–H and O–H groups in total. The summed E-state index contributed by atoms with van der Waals surface area (Å²) in [4.78, 5) is 22.9. The Hall–Kier alpha value is -3.13. The number of imidazole rings is 1. The lowest BCUT2D eigenvalue weighted by molar-refractivity contribution is 0.0645. The van der Waals surface area contributed by atoms with E-state index in [2.05, 4.69) is 21.1 Å². The zero-order valence-electron chi connectivity index (χ0n) is 16.4. The van der Waals surface area contributed by atoms with Gasteiger partial charge >= 0.3 is 0 Å². The summed E-state index contributed by atoms with van der Waals surface area (Å²) in [6, 6.07) is 1.68. The highest BCUT2D eigenvalue weighted by atomic mass is 16.2. The van der Waals surface area contributed by atoms with Crippen LogP contribution in [0.25, 0.3) is 0 Å². The monoisotopic (exact) mass is 379 g/mol. The van der Waals surface area contributed by atoms with E-state index in [0.29, 0.717) is 18.7 Å². The van der Waals surface area contributed by atoms with Crippen LogP contribution in [0.4, 0.5) is 0 Å². The largest absolute Gasteiger partial charge is 0.348 e. The number of rotatable bonds is 3. The third-order valence-corrected chi connectivity index (χ3v) is 5.34. The van der Waals surface area contributed by atoms with Gasteiger partial charge in [0.05, 0.1) is 29.5 Å².